The van der Waals surface area contributed by atoms with Crippen molar-refractivity contribution >= 4 is 5.91 Å². The van der Waals surface area contributed by atoms with Crippen LogP contribution in [0, 0.1) is 0 Å². The molecule has 1 heterocycles. The predicted molar refractivity (Wildman–Crippen MR) is 105 cm³/mol. The fourth-order valence-electron chi connectivity index (χ4n) is 3.94. The van der Waals surface area contributed by atoms with Crippen molar-refractivity contribution in [3.05, 3.63) is 65.2 Å². The second-order valence-electron chi connectivity index (χ2n) is 6.82. The van der Waals surface area contributed by atoms with E-state index in [1.165, 1.54) is 5.56 Å². The van der Waals surface area contributed by atoms with Crippen molar-refractivity contribution in [1.82, 2.24) is 10.2 Å². The molecule has 0 aromatic heterocycles. The molecule has 1 atom stereocenters. The van der Waals surface area contributed by atoms with Crippen molar-refractivity contribution in [2.45, 2.75) is 25.7 Å². The molecule has 138 valence electrons. The Kier molecular flexibility index (Phi) is 5.62. The topological polar surface area (TPSA) is 41.6 Å². The van der Waals surface area contributed by atoms with Gasteiger partial charge in [-0.15, -0.1) is 0 Å². The Morgan fingerprint density at radius 3 is 2.50 bits per heavy atom. The number of ether oxygens (including phenoxy) is 1. The molecule has 0 radical (unpaired) electrons. The van der Waals surface area contributed by atoms with Crippen LogP contribution in [0.4, 0.5) is 0 Å². The molecule has 1 unspecified atom stereocenters. The molecule has 1 aliphatic heterocycles. The Bertz CT molecular complexity index is 756. The number of carbonyl (C=O) groups excluding carboxylic acids is 1. The molecular weight excluding hydrogens is 324 g/mol. The first-order chi connectivity index (χ1) is 12.6. The summed E-state index contributed by atoms with van der Waals surface area (Å²) in [5, 5.41) is 3.13. The van der Waals surface area contributed by atoms with Crippen LogP contribution in [0.3, 0.4) is 0 Å². The standard InChI is InChI=1S/C22H28N2O2/c1-4-24(5-2)14-13-22(17-9-7-6-8-10-17)16-23-21(25)19-12-11-18(26-3)15-20(19)22/h6-12,15H,4-5,13-14,16H2,1-3H3,(H,23,25). The molecule has 0 bridgehead atoms. The third-order valence-electron chi connectivity index (χ3n) is 5.61. The number of hydrogen-bond acceptors (Lipinski definition) is 3. The van der Waals surface area contributed by atoms with Crippen molar-refractivity contribution in [1.29, 1.82) is 0 Å². The van der Waals surface area contributed by atoms with Crippen LogP contribution < -0.4 is 10.1 Å². The van der Waals surface area contributed by atoms with Crippen LogP contribution in [-0.4, -0.2) is 44.1 Å². The lowest BCUT2D eigenvalue weighted by Gasteiger charge is -2.41. The zero-order valence-corrected chi connectivity index (χ0v) is 15.9. The minimum atomic E-state index is -0.248. The summed E-state index contributed by atoms with van der Waals surface area (Å²) in [5.41, 5.74) is 2.81. The zero-order chi connectivity index (χ0) is 18.6. The summed E-state index contributed by atoms with van der Waals surface area (Å²) < 4.78 is 5.47. The van der Waals surface area contributed by atoms with Gasteiger partial charge in [-0.2, -0.15) is 0 Å². The molecule has 0 spiro atoms. The molecule has 4 heteroatoms. The normalized spacial score (nSPS) is 19.2. The van der Waals surface area contributed by atoms with Gasteiger partial charge in [0.25, 0.3) is 5.91 Å². The molecule has 3 rings (SSSR count). The molecule has 1 amide bonds. The molecule has 26 heavy (non-hydrogen) atoms. The van der Waals surface area contributed by atoms with Gasteiger partial charge in [0.1, 0.15) is 5.75 Å². The van der Waals surface area contributed by atoms with Gasteiger partial charge in [-0.05, 0) is 55.4 Å². The second kappa shape index (κ2) is 7.92. The Labute approximate surface area is 156 Å². The lowest BCUT2D eigenvalue weighted by Crippen LogP contribution is -2.49. The molecule has 0 fully saturated rings. The smallest absolute Gasteiger partial charge is 0.251 e. The summed E-state index contributed by atoms with van der Waals surface area (Å²) >= 11 is 0. The van der Waals surface area contributed by atoms with Gasteiger partial charge >= 0.3 is 0 Å². The van der Waals surface area contributed by atoms with Gasteiger partial charge in [0.15, 0.2) is 0 Å². The zero-order valence-electron chi connectivity index (χ0n) is 15.9. The lowest BCUT2D eigenvalue weighted by atomic mass is 9.68. The van der Waals surface area contributed by atoms with Crippen LogP contribution in [0.5, 0.6) is 5.75 Å². The van der Waals surface area contributed by atoms with E-state index in [1.807, 2.05) is 24.3 Å². The van der Waals surface area contributed by atoms with Gasteiger partial charge in [0, 0.05) is 17.5 Å². The second-order valence-corrected chi connectivity index (χ2v) is 6.82. The average molecular weight is 352 g/mol. The largest absolute Gasteiger partial charge is 0.497 e. The van der Waals surface area contributed by atoms with Crippen molar-refractivity contribution < 1.29 is 9.53 Å². The number of nitrogens with zero attached hydrogens (tertiary/aromatic N) is 1. The number of methoxy groups -OCH3 is 1. The van der Waals surface area contributed by atoms with Crippen LogP contribution in [0.15, 0.2) is 48.5 Å². The van der Waals surface area contributed by atoms with Crippen LogP contribution in [0.25, 0.3) is 0 Å². The first-order valence-corrected chi connectivity index (χ1v) is 9.39. The first-order valence-electron chi connectivity index (χ1n) is 9.39. The Balaban J connectivity index is 2.12. The molecular formula is C22H28N2O2. The number of fused-ring (bicyclic) bond motifs is 1. The van der Waals surface area contributed by atoms with Crippen LogP contribution >= 0.6 is 0 Å². The molecule has 2 aromatic carbocycles. The highest BCUT2D eigenvalue weighted by Gasteiger charge is 2.41. The van der Waals surface area contributed by atoms with Crippen molar-refractivity contribution in [2.24, 2.45) is 0 Å². The van der Waals surface area contributed by atoms with Gasteiger partial charge in [-0.3, -0.25) is 4.79 Å². The van der Waals surface area contributed by atoms with E-state index in [0.717, 1.165) is 42.9 Å². The molecule has 0 saturated heterocycles. The van der Waals surface area contributed by atoms with Crippen molar-refractivity contribution in [2.75, 3.05) is 33.3 Å². The van der Waals surface area contributed by atoms with E-state index >= 15 is 0 Å². The quantitative estimate of drug-likeness (QED) is 0.830. The highest BCUT2D eigenvalue weighted by atomic mass is 16.5. The molecule has 2 aromatic rings. The fraction of sp³-hybridized carbons (Fsp3) is 0.409. The van der Waals surface area contributed by atoms with Crippen molar-refractivity contribution in [3.8, 4) is 5.75 Å². The summed E-state index contributed by atoms with van der Waals surface area (Å²) in [4.78, 5) is 14.9. The van der Waals surface area contributed by atoms with E-state index in [4.69, 9.17) is 4.74 Å². The minimum Gasteiger partial charge on any atom is -0.497 e. The molecule has 0 aliphatic carbocycles. The van der Waals surface area contributed by atoms with Gasteiger partial charge in [0.05, 0.1) is 7.11 Å². The summed E-state index contributed by atoms with van der Waals surface area (Å²) in [7, 11) is 1.67. The first kappa shape index (κ1) is 18.5. The maximum atomic E-state index is 12.5. The van der Waals surface area contributed by atoms with Crippen molar-refractivity contribution in [3.63, 3.8) is 0 Å². The van der Waals surface area contributed by atoms with E-state index in [-0.39, 0.29) is 11.3 Å². The van der Waals surface area contributed by atoms with Crippen LogP contribution in [0.2, 0.25) is 0 Å². The summed E-state index contributed by atoms with van der Waals surface area (Å²) in [6.07, 6.45) is 0.944. The van der Waals surface area contributed by atoms with Gasteiger partial charge < -0.3 is 15.0 Å². The Morgan fingerprint density at radius 2 is 1.85 bits per heavy atom. The van der Waals surface area contributed by atoms with E-state index in [9.17, 15) is 4.79 Å². The molecule has 4 nitrogen and oxygen atoms in total. The minimum absolute atomic E-state index is 0.00273. The van der Waals surface area contributed by atoms with Gasteiger partial charge in [0.2, 0.25) is 0 Å². The number of hydrogen-bond donors (Lipinski definition) is 1. The van der Waals surface area contributed by atoms with E-state index < -0.39 is 0 Å². The third-order valence-corrected chi connectivity index (χ3v) is 5.61. The molecule has 0 saturated carbocycles. The summed E-state index contributed by atoms with van der Waals surface area (Å²) in [6, 6.07) is 16.3. The predicted octanol–water partition coefficient (Wildman–Crippen LogP) is 3.46. The number of amides is 1. The van der Waals surface area contributed by atoms with Gasteiger partial charge in [-0.25, -0.2) is 0 Å². The Morgan fingerprint density at radius 1 is 1.12 bits per heavy atom. The van der Waals surface area contributed by atoms with E-state index in [2.05, 4.69) is 48.3 Å². The number of nitrogens with one attached hydrogen (secondary N) is 1. The summed E-state index contributed by atoms with van der Waals surface area (Å²) in [5.74, 6) is 0.790. The number of carbonyl (C=O) groups is 1. The van der Waals surface area contributed by atoms with Crippen LogP contribution in [0.1, 0.15) is 41.8 Å². The highest BCUT2D eigenvalue weighted by Crippen LogP contribution is 2.41. The lowest BCUT2D eigenvalue weighted by molar-refractivity contribution is 0.0926. The highest BCUT2D eigenvalue weighted by molar-refractivity contribution is 5.98. The van der Waals surface area contributed by atoms with E-state index in [1.54, 1.807) is 7.11 Å². The fourth-order valence-corrected chi connectivity index (χ4v) is 3.94. The summed E-state index contributed by atoms with van der Waals surface area (Å²) in [6.45, 7) is 8.03. The maximum absolute atomic E-state index is 12.5. The van der Waals surface area contributed by atoms with Gasteiger partial charge in [-0.1, -0.05) is 44.2 Å². The third kappa shape index (κ3) is 3.34. The van der Waals surface area contributed by atoms with E-state index in [0.29, 0.717) is 6.54 Å². The molecule has 1 N–H and O–H groups in total. The average Bonchev–Trinajstić information content (AvgIpc) is 2.71. The SMILES string of the molecule is CCN(CC)CCC1(c2ccccc2)CNC(=O)c2ccc(OC)cc21. The van der Waals surface area contributed by atoms with Crippen LogP contribution in [-0.2, 0) is 5.41 Å². The maximum Gasteiger partial charge on any atom is 0.251 e. The Hall–Kier alpha value is -2.33. The molecule has 1 aliphatic rings. The number of benzene rings is 2. The monoisotopic (exact) mass is 352 g/mol. The number of rotatable bonds is 7.